The zero-order valence-electron chi connectivity index (χ0n) is 14.1. The van der Waals surface area contributed by atoms with Gasteiger partial charge in [-0.25, -0.2) is 9.48 Å². The summed E-state index contributed by atoms with van der Waals surface area (Å²) in [5.74, 6) is 0.182. The Kier molecular flexibility index (Phi) is 4.96. The van der Waals surface area contributed by atoms with Crippen LogP contribution in [0.15, 0.2) is 23.0 Å². The molecule has 0 aliphatic heterocycles. The van der Waals surface area contributed by atoms with Crippen molar-refractivity contribution in [2.75, 3.05) is 13.7 Å². The molecule has 2 N–H and O–H groups in total. The van der Waals surface area contributed by atoms with Crippen LogP contribution in [0.2, 0.25) is 0 Å². The minimum atomic E-state index is -0.605. The zero-order valence-corrected chi connectivity index (χ0v) is 14.1. The summed E-state index contributed by atoms with van der Waals surface area (Å²) in [7, 11) is 1.50. The molecule has 0 aliphatic rings. The van der Waals surface area contributed by atoms with Gasteiger partial charge in [-0.2, -0.15) is 0 Å². The summed E-state index contributed by atoms with van der Waals surface area (Å²) in [6.45, 7) is 5.35. The largest absolute Gasteiger partial charge is 0.497 e. The number of methoxy groups -OCH3 is 1. The molecule has 0 aliphatic carbocycles. The molecule has 1 aromatic heterocycles. The molecule has 1 aromatic carbocycles. The number of rotatable bonds is 4. The van der Waals surface area contributed by atoms with E-state index in [9.17, 15) is 14.4 Å². The van der Waals surface area contributed by atoms with Gasteiger partial charge in [0.1, 0.15) is 11.4 Å². The van der Waals surface area contributed by atoms with Gasteiger partial charge in [-0.15, -0.1) is 0 Å². The lowest BCUT2D eigenvalue weighted by atomic mass is 10.2. The van der Waals surface area contributed by atoms with Crippen molar-refractivity contribution in [3.05, 3.63) is 28.6 Å². The highest BCUT2D eigenvalue weighted by Crippen LogP contribution is 2.18. The highest BCUT2D eigenvalue weighted by molar-refractivity contribution is 5.91. The van der Waals surface area contributed by atoms with Gasteiger partial charge in [0.05, 0.1) is 18.0 Å². The van der Waals surface area contributed by atoms with Crippen molar-refractivity contribution in [1.82, 2.24) is 15.1 Å². The van der Waals surface area contributed by atoms with Gasteiger partial charge in [0.15, 0.2) is 0 Å². The fourth-order valence-electron chi connectivity index (χ4n) is 2.13. The first-order valence-corrected chi connectivity index (χ1v) is 7.50. The van der Waals surface area contributed by atoms with Gasteiger partial charge >= 0.3 is 6.09 Å². The van der Waals surface area contributed by atoms with Crippen LogP contribution in [-0.4, -0.2) is 41.0 Å². The van der Waals surface area contributed by atoms with Gasteiger partial charge in [0, 0.05) is 19.0 Å². The van der Waals surface area contributed by atoms with Crippen LogP contribution >= 0.6 is 0 Å². The predicted octanol–water partition coefficient (Wildman–Crippen LogP) is 1.89. The number of aromatic nitrogens is 2. The van der Waals surface area contributed by atoms with Crippen molar-refractivity contribution in [2.24, 2.45) is 0 Å². The van der Waals surface area contributed by atoms with Gasteiger partial charge in [-0.1, -0.05) is 0 Å². The Morgan fingerprint density at radius 1 is 1.29 bits per heavy atom. The standard InChI is InChI=1S/C16H21N3O5/c1-16(2,3)24-15(22)17-8-7-13(20)19-12-9-10(23-4)5-6-11(12)14(21)18-19/h5-6,9H,7-8H2,1-4H3,(H,17,22)(H,18,21). The van der Waals surface area contributed by atoms with E-state index in [1.807, 2.05) is 0 Å². The molecule has 0 fully saturated rings. The molecular formula is C16H21N3O5. The molecule has 0 bridgehead atoms. The Balaban J connectivity index is 2.06. The SMILES string of the molecule is COc1ccc2c(=O)[nH]n(C(=O)CCNC(=O)OC(C)(C)C)c2c1. The van der Waals surface area contributed by atoms with E-state index in [4.69, 9.17) is 9.47 Å². The summed E-state index contributed by atoms with van der Waals surface area (Å²) in [4.78, 5) is 35.7. The Morgan fingerprint density at radius 2 is 2.00 bits per heavy atom. The molecule has 1 amide bonds. The monoisotopic (exact) mass is 335 g/mol. The van der Waals surface area contributed by atoms with E-state index in [1.54, 1.807) is 39.0 Å². The number of hydrogen-bond acceptors (Lipinski definition) is 5. The number of carbonyl (C=O) groups is 2. The number of benzene rings is 1. The van der Waals surface area contributed by atoms with E-state index < -0.39 is 11.7 Å². The molecule has 1 heterocycles. The first-order valence-electron chi connectivity index (χ1n) is 7.50. The minimum absolute atomic E-state index is 0.0101. The molecular weight excluding hydrogens is 314 g/mol. The second-order valence-corrected chi connectivity index (χ2v) is 6.23. The second-order valence-electron chi connectivity index (χ2n) is 6.23. The average molecular weight is 335 g/mol. The van der Waals surface area contributed by atoms with E-state index in [-0.39, 0.29) is 24.4 Å². The zero-order chi connectivity index (χ0) is 17.9. The Morgan fingerprint density at radius 3 is 2.62 bits per heavy atom. The molecule has 0 atom stereocenters. The Bertz CT molecular complexity index is 813. The molecule has 24 heavy (non-hydrogen) atoms. The van der Waals surface area contributed by atoms with E-state index in [1.165, 1.54) is 7.11 Å². The molecule has 8 nitrogen and oxygen atoms in total. The van der Waals surface area contributed by atoms with Gasteiger partial charge in [0.2, 0.25) is 5.91 Å². The van der Waals surface area contributed by atoms with Gasteiger partial charge in [0.25, 0.3) is 5.56 Å². The molecule has 2 aromatic rings. The Hall–Kier alpha value is -2.77. The molecule has 0 unspecified atom stereocenters. The van der Waals surface area contributed by atoms with Crippen LogP contribution < -0.4 is 15.6 Å². The number of aromatic amines is 1. The molecule has 2 rings (SSSR count). The summed E-state index contributed by atoms with van der Waals surface area (Å²) in [5.41, 5.74) is -0.533. The third-order valence-electron chi connectivity index (χ3n) is 3.16. The summed E-state index contributed by atoms with van der Waals surface area (Å²) >= 11 is 0. The van der Waals surface area contributed by atoms with Crippen molar-refractivity contribution in [1.29, 1.82) is 0 Å². The molecule has 0 saturated heterocycles. The van der Waals surface area contributed by atoms with Gasteiger partial charge < -0.3 is 14.8 Å². The topological polar surface area (TPSA) is 102 Å². The van der Waals surface area contributed by atoms with Crippen molar-refractivity contribution >= 4 is 22.9 Å². The minimum Gasteiger partial charge on any atom is -0.497 e. The highest BCUT2D eigenvalue weighted by atomic mass is 16.6. The van der Waals surface area contributed by atoms with E-state index in [0.29, 0.717) is 16.7 Å². The lowest BCUT2D eigenvalue weighted by molar-refractivity contribution is 0.0526. The summed E-state index contributed by atoms with van der Waals surface area (Å²) < 4.78 is 11.4. The van der Waals surface area contributed by atoms with Crippen molar-refractivity contribution in [3.8, 4) is 5.75 Å². The number of alkyl carbamates (subject to hydrolysis) is 1. The number of H-pyrrole nitrogens is 1. The van der Waals surface area contributed by atoms with E-state index in [2.05, 4.69) is 10.4 Å². The number of hydrogen-bond donors (Lipinski definition) is 2. The molecule has 0 spiro atoms. The fourth-order valence-corrected chi connectivity index (χ4v) is 2.13. The predicted molar refractivity (Wildman–Crippen MR) is 88.6 cm³/mol. The second kappa shape index (κ2) is 6.77. The van der Waals surface area contributed by atoms with E-state index in [0.717, 1.165) is 4.68 Å². The van der Waals surface area contributed by atoms with Crippen molar-refractivity contribution in [2.45, 2.75) is 32.8 Å². The number of nitrogens with one attached hydrogen (secondary N) is 2. The third-order valence-corrected chi connectivity index (χ3v) is 3.16. The Labute approximate surface area is 138 Å². The number of fused-ring (bicyclic) bond motifs is 1. The maximum Gasteiger partial charge on any atom is 0.407 e. The summed E-state index contributed by atoms with van der Waals surface area (Å²) in [5, 5.41) is 5.39. The first kappa shape index (κ1) is 17.6. The summed E-state index contributed by atoms with van der Waals surface area (Å²) in [6.07, 6.45) is -0.585. The molecule has 0 radical (unpaired) electrons. The third kappa shape index (κ3) is 4.15. The number of ether oxygens (including phenoxy) is 2. The smallest absolute Gasteiger partial charge is 0.407 e. The molecule has 0 saturated carbocycles. The fraction of sp³-hybridized carbons (Fsp3) is 0.438. The number of carbonyl (C=O) groups excluding carboxylic acids is 2. The first-order chi connectivity index (χ1) is 11.2. The van der Waals surface area contributed by atoms with Crippen LogP contribution in [0.25, 0.3) is 10.9 Å². The van der Waals surface area contributed by atoms with Crippen LogP contribution in [0.3, 0.4) is 0 Å². The summed E-state index contributed by atoms with van der Waals surface area (Å²) in [6, 6.07) is 4.85. The van der Waals surface area contributed by atoms with Crippen LogP contribution in [-0.2, 0) is 4.74 Å². The number of amides is 1. The van der Waals surface area contributed by atoms with Crippen LogP contribution in [0.1, 0.15) is 32.0 Å². The van der Waals surface area contributed by atoms with Gasteiger partial charge in [-0.3, -0.25) is 14.7 Å². The molecule has 8 heteroatoms. The van der Waals surface area contributed by atoms with Crippen molar-refractivity contribution in [3.63, 3.8) is 0 Å². The normalized spacial score (nSPS) is 11.3. The average Bonchev–Trinajstić information content (AvgIpc) is 2.82. The lowest BCUT2D eigenvalue weighted by Gasteiger charge is -2.19. The lowest BCUT2D eigenvalue weighted by Crippen LogP contribution is -2.34. The van der Waals surface area contributed by atoms with Gasteiger partial charge in [-0.05, 0) is 32.9 Å². The maximum absolute atomic E-state index is 12.3. The molecule has 130 valence electrons. The highest BCUT2D eigenvalue weighted by Gasteiger charge is 2.17. The van der Waals surface area contributed by atoms with E-state index >= 15 is 0 Å². The van der Waals surface area contributed by atoms with Crippen molar-refractivity contribution < 1.29 is 19.1 Å². The number of nitrogens with zero attached hydrogens (tertiary/aromatic N) is 1. The van der Waals surface area contributed by atoms with Crippen LogP contribution in [0, 0.1) is 0 Å². The quantitative estimate of drug-likeness (QED) is 0.888. The van der Waals surface area contributed by atoms with Crippen LogP contribution in [0.5, 0.6) is 5.75 Å². The van der Waals surface area contributed by atoms with Crippen LogP contribution in [0.4, 0.5) is 4.79 Å². The maximum atomic E-state index is 12.3.